The lowest BCUT2D eigenvalue weighted by Crippen LogP contribution is -2.45. The maximum atomic E-state index is 12.2. The molecule has 0 fully saturated rings. The molecular formula is C13H16O6. The Hall–Kier alpha value is -1.63. The molecule has 0 amide bonds. The van der Waals surface area contributed by atoms with Crippen LogP contribution >= 0.6 is 0 Å². The highest BCUT2D eigenvalue weighted by Crippen LogP contribution is 2.39. The van der Waals surface area contributed by atoms with E-state index >= 15 is 0 Å². The molecule has 6 nitrogen and oxygen atoms in total. The van der Waals surface area contributed by atoms with Gasteiger partial charge in [0.05, 0.1) is 6.61 Å². The van der Waals surface area contributed by atoms with Crippen LogP contribution in [0.25, 0.3) is 0 Å². The third-order valence-electron chi connectivity index (χ3n) is 3.36. The molecule has 2 rings (SSSR count). The molecule has 104 valence electrons. The molecule has 1 aromatic rings. The van der Waals surface area contributed by atoms with Crippen LogP contribution < -0.4 is 0 Å². The number of aliphatic hydroxyl groups excluding tert-OH is 1. The van der Waals surface area contributed by atoms with E-state index in [-0.39, 0.29) is 54.2 Å². The minimum absolute atomic E-state index is 0.0445. The number of ether oxygens (including phenoxy) is 1. The van der Waals surface area contributed by atoms with Crippen LogP contribution in [0.5, 0.6) is 11.5 Å². The van der Waals surface area contributed by atoms with Crippen molar-refractivity contribution in [1.29, 1.82) is 0 Å². The Morgan fingerprint density at radius 1 is 1.42 bits per heavy atom. The predicted molar refractivity (Wildman–Crippen MR) is 64.9 cm³/mol. The Balaban J connectivity index is 2.44. The number of phenolic OH excluding ortho intramolecular Hbond substituents is 2. The zero-order valence-corrected chi connectivity index (χ0v) is 10.5. The zero-order valence-electron chi connectivity index (χ0n) is 10.5. The minimum Gasteiger partial charge on any atom is -0.508 e. The van der Waals surface area contributed by atoms with Crippen molar-refractivity contribution in [2.75, 3.05) is 6.61 Å². The summed E-state index contributed by atoms with van der Waals surface area (Å²) in [7, 11) is 0. The molecule has 0 spiro atoms. The van der Waals surface area contributed by atoms with Gasteiger partial charge in [0.1, 0.15) is 11.5 Å². The monoisotopic (exact) mass is 268 g/mol. The maximum Gasteiger partial charge on any atom is 0.231 e. The number of hydrogen-bond acceptors (Lipinski definition) is 6. The second-order valence-corrected chi connectivity index (χ2v) is 4.62. The minimum atomic E-state index is -2.01. The summed E-state index contributed by atoms with van der Waals surface area (Å²) >= 11 is 0. The Morgan fingerprint density at radius 2 is 2.11 bits per heavy atom. The van der Waals surface area contributed by atoms with Crippen LogP contribution in [0.1, 0.15) is 34.3 Å². The molecule has 1 aliphatic rings. The Bertz CT molecular complexity index is 524. The third-order valence-corrected chi connectivity index (χ3v) is 3.36. The molecule has 1 unspecified atom stereocenters. The smallest absolute Gasteiger partial charge is 0.231 e. The summed E-state index contributed by atoms with van der Waals surface area (Å²) in [6.45, 7) is 1.22. The van der Waals surface area contributed by atoms with Gasteiger partial charge in [-0.15, -0.1) is 0 Å². The summed E-state index contributed by atoms with van der Waals surface area (Å²) in [5, 5.41) is 38.4. The molecule has 0 aliphatic carbocycles. The van der Waals surface area contributed by atoms with Gasteiger partial charge in [-0.25, -0.2) is 0 Å². The number of Topliss-reactive ketones (excluding diaryl/α,β-unsaturated/α-hetero) is 1. The lowest BCUT2D eigenvalue weighted by molar-refractivity contribution is -0.183. The first-order valence-corrected chi connectivity index (χ1v) is 5.97. The number of carbonyl (C=O) groups excluding carboxylic acids is 1. The molecule has 6 heteroatoms. The summed E-state index contributed by atoms with van der Waals surface area (Å²) in [4.78, 5) is 12.2. The number of carbonyl (C=O) groups is 1. The Labute approximate surface area is 109 Å². The molecule has 4 N–H and O–H groups in total. The highest BCUT2D eigenvalue weighted by Gasteiger charge is 2.43. The van der Waals surface area contributed by atoms with Gasteiger partial charge in [-0.2, -0.15) is 0 Å². The van der Waals surface area contributed by atoms with Crippen molar-refractivity contribution >= 4 is 5.78 Å². The molecule has 1 aromatic carbocycles. The average Bonchev–Trinajstić information content (AvgIpc) is 2.39. The highest BCUT2D eigenvalue weighted by molar-refractivity contribution is 6.04. The van der Waals surface area contributed by atoms with Crippen LogP contribution in [-0.2, 0) is 11.3 Å². The van der Waals surface area contributed by atoms with Crippen molar-refractivity contribution in [3.05, 3.63) is 22.8 Å². The fourth-order valence-corrected chi connectivity index (χ4v) is 2.13. The molecule has 0 saturated heterocycles. The number of benzene rings is 1. The summed E-state index contributed by atoms with van der Waals surface area (Å²) < 4.78 is 5.14. The number of aromatic hydroxyl groups is 2. The second-order valence-electron chi connectivity index (χ2n) is 4.62. The summed E-state index contributed by atoms with van der Waals surface area (Å²) in [5.41, 5.74) is 0.567. The molecule has 0 radical (unpaired) electrons. The quantitative estimate of drug-likeness (QED) is 0.639. The van der Waals surface area contributed by atoms with Gasteiger partial charge in [0.2, 0.25) is 11.6 Å². The van der Waals surface area contributed by atoms with Crippen molar-refractivity contribution in [3.8, 4) is 11.5 Å². The van der Waals surface area contributed by atoms with Crippen molar-refractivity contribution in [2.45, 2.75) is 32.2 Å². The summed E-state index contributed by atoms with van der Waals surface area (Å²) in [6.07, 6.45) is 0.165. The molecule has 1 atom stereocenters. The van der Waals surface area contributed by atoms with E-state index in [1.165, 1.54) is 13.0 Å². The molecule has 19 heavy (non-hydrogen) atoms. The fraction of sp³-hybridized carbons (Fsp3) is 0.462. The lowest BCUT2D eigenvalue weighted by atomic mass is 9.90. The molecule has 0 bridgehead atoms. The van der Waals surface area contributed by atoms with E-state index < -0.39 is 11.6 Å². The Morgan fingerprint density at radius 3 is 2.74 bits per heavy atom. The van der Waals surface area contributed by atoms with Gasteiger partial charge >= 0.3 is 0 Å². The first kappa shape index (κ1) is 13.8. The number of ketones is 1. The number of fused-ring (bicyclic) bond motifs is 1. The number of hydrogen-bond donors (Lipinski definition) is 4. The SMILES string of the molecule is Cc1c(O)cc2c(c1O)COC(O)(CCCO)C2=O. The van der Waals surface area contributed by atoms with Gasteiger partial charge in [0, 0.05) is 29.7 Å². The fourth-order valence-electron chi connectivity index (χ4n) is 2.13. The summed E-state index contributed by atoms with van der Waals surface area (Å²) in [5.74, 6) is -3.14. The van der Waals surface area contributed by atoms with E-state index in [2.05, 4.69) is 0 Å². The van der Waals surface area contributed by atoms with E-state index in [0.717, 1.165) is 0 Å². The van der Waals surface area contributed by atoms with E-state index in [4.69, 9.17) is 9.84 Å². The normalized spacial score (nSPS) is 22.4. The molecule has 0 aromatic heterocycles. The van der Waals surface area contributed by atoms with Gasteiger partial charge in [-0.1, -0.05) is 0 Å². The molecular weight excluding hydrogens is 252 g/mol. The van der Waals surface area contributed by atoms with Crippen LogP contribution in [0, 0.1) is 6.92 Å². The molecule has 1 heterocycles. The molecule has 1 aliphatic heterocycles. The van der Waals surface area contributed by atoms with Crippen LogP contribution in [0.15, 0.2) is 6.07 Å². The maximum absolute atomic E-state index is 12.2. The van der Waals surface area contributed by atoms with Gasteiger partial charge in [0.25, 0.3) is 0 Å². The summed E-state index contributed by atoms with van der Waals surface area (Å²) in [6, 6.07) is 1.22. The first-order valence-electron chi connectivity index (χ1n) is 5.97. The first-order chi connectivity index (χ1) is 8.90. The van der Waals surface area contributed by atoms with E-state index in [9.17, 15) is 20.1 Å². The predicted octanol–water partition coefficient (Wildman–Crippen LogP) is 0.580. The van der Waals surface area contributed by atoms with Gasteiger partial charge in [-0.05, 0) is 19.4 Å². The van der Waals surface area contributed by atoms with Crippen LogP contribution in [-0.4, -0.2) is 38.6 Å². The number of aliphatic hydroxyl groups is 2. The van der Waals surface area contributed by atoms with Crippen molar-refractivity contribution in [1.82, 2.24) is 0 Å². The number of phenols is 2. The van der Waals surface area contributed by atoms with Crippen LogP contribution in [0.4, 0.5) is 0 Å². The van der Waals surface area contributed by atoms with Crippen molar-refractivity contribution in [3.63, 3.8) is 0 Å². The van der Waals surface area contributed by atoms with Crippen molar-refractivity contribution < 1.29 is 30.0 Å². The van der Waals surface area contributed by atoms with Gasteiger partial charge in [0.15, 0.2) is 0 Å². The topological polar surface area (TPSA) is 107 Å². The zero-order chi connectivity index (χ0) is 14.2. The third kappa shape index (κ3) is 2.18. The second kappa shape index (κ2) is 4.80. The number of rotatable bonds is 3. The lowest BCUT2D eigenvalue weighted by Gasteiger charge is -2.32. The van der Waals surface area contributed by atoms with Crippen LogP contribution in [0.3, 0.4) is 0 Å². The highest BCUT2D eigenvalue weighted by atomic mass is 16.6. The standard InChI is InChI=1S/C13H16O6/c1-7-10(15)5-8-9(11(7)16)6-19-13(18,12(8)17)3-2-4-14/h5,14-16,18H,2-4,6H2,1H3. The van der Waals surface area contributed by atoms with E-state index in [1.54, 1.807) is 0 Å². The molecule has 0 saturated carbocycles. The van der Waals surface area contributed by atoms with Gasteiger partial charge < -0.3 is 25.2 Å². The van der Waals surface area contributed by atoms with E-state index in [0.29, 0.717) is 0 Å². The average molecular weight is 268 g/mol. The van der Waals surface area contributed by atoms with E-state index in [1.807, 2.05) is 0 Å². The Kier molecular flexibility index (Phi) is 3.49. The van der Waals surface area contributed by atoms with Gasteiger partial charge in [-0.3, -0.25) is 4.79 Å². The van der Waals surface area contributed by atoms with Crippen LogP contribution in [0.2, 0.25) is 0 Å². The largest absolute Gasteiger partial charge is 0.508 e. The van der Waals surface area contributed by atoms with Crippen molar-refractivity contribution in [2.24, 2.45) is 0 Å².